The van der Waals surface area contributed by atoms with E-state index in [4.69, 9.17) is 0 Å². The highest BCUT2D eigenvalue weighted by Gasteiger charge is 2.07. The minimum Gasteiger partial charge on any atom is -0.288 e. The lowest BCUT2D eigenvalue weighted by atomic mass is 10.4. The van der Waals surface area contributed by atoms with Crippen molar-refractivity contribution < 1.29 is 9.59 Å². The molecule has 0 spiro atoms. The first-order valence-corrected chi connectivity index (χ1v) is 4.13. The number of amides is 2. The molecule has 2 amide bonds. The Balaban J connectivity index is 2.62. The maximum absolute atomic E-state index is 11.1. The molecule has 0 saturated heterocycles. The third-order valence-corrected chi connectivity index (χ3v) is 2.04. The van der Waals surface area contributed by atoms with Crippen LogP contribution in [0.1, 0.15) is 9.67 Å². The quantitative estimate of drug-likeness (QED) is 0.696. The van der Waals surface area contributed by atoms with E-state index in [1.54, 1.807) is 17.5 Å². The topological polar surface area (TPSA) is 46.2 Å². The summed E-state index contributed by atoms with van der Waals surface area (Å²) in [5, 5.41) is 3.92. The SMILES string of the molecule is C=CC(=O)NC(=O)c1cccs1. The molecule has 0 fully saturated rings. The number of imide groups is 1. The van der Waals surface area contributed by atoms with Crippen molar-refractivity contribution in [2.45, 2.75) is 0 Å². The average Bonchev–Trinajstić information content (AvgIpc) is 2.56. The van der Waals surface area contributed by atoms with Gasteiger partial charge in [-0.25, -0.2) is 0 Å². The molecule has 0 radical (unpaired) electrons. The molecule has 1 aromatic heterocycles. The van der Waals surface area contributed by atoms with E-state index in [9.17, 15) is 9.59 Å². The first-order valence-electron chi connectivity index (χ1n) is 3.25. The number of carbonyl (C=O) groups is 2. The molecule has 1 rings (SSSR count). The molecule has 1 heterocycles. The summed E-state index contributed by atoms with van der Waals surface area (Å²) in [6.07, 6.45) is 1.06. The summed E-state index contributed by atoms with van der Waals surface area (Å²) in [6, 6.07) is 3.40. The standard InChI is InChI=1S/C8H7NO2S/c1-2-7(10)9-8(11)6-4-3-5-12-6/h2-5H,1H2,(H,9,10,11). The van der Waals surface area contributed by atoms with E-state index in [0.717, 1.165) is 6.08 Å². The van der Waals surface area contributed by atoms with Crippen molar-refractivity contribution in [3.05, 3.63) is 35.0 Å². The van der Waals surface area contributed by atoms with Gasteiger partial charge in [-0.15, -0.1) is 11.3 Å². The summed E-state index contributed by atoms with van der Waals surface area (Å²) in [6.45, 7) is 3.23. The van der Waals surface area contributed by atoms with Crippen LogP contribution in [0.15, 0.2) is 30.2 Å². The highest BCUT2D eigenvalue weighted by Crippen LogP contribution is 2.07. The lowest BCUT2D eigenvalue weighted by molar-refractivity contribution is -0.115. The monoisotopic (exact) mass is 181 g/mol. The van der Waals surface area contributed by atoms with E-state index in [0.29, 0.717) is 4.88 Å². The lowest BCUT2D eigenvalue weighted by Crippen LogP contribution is -2.27. The zero-order valence-electron chi connectivity index (χ0n) is 6.24. The van der Waals surface area contributed by atoms with Crippen molar-refractivity contribution in [1.82, 2.24) is 5.32 Å². The van der Waals surface area contributed by atoms with Crippen LogP contribution in [0.4, 0.5) is 0 Å². The Morgan fingerprint density at radius 1 is 1.58 bits per heavy atom. The Morgan fingerprint density at radius 3 is 2.83 bits per heavy atom. The largest absolute Gasteiger partial charge is 0.288 e. The second-order valence-electron chi connectivity index (χ2n) is 2.00. The van der Waals surface area contributed by atoms with Crippen LogP contribution in [-0.4, -0.2) is 11.8 Å². The maximum atomic E-state index is 11.1. The number of carbonyl (C=O) groups excluding carboxylic acids is 2. The Hall–Kier alpha value is -1.42. The molecular weight excluding hydrogens is 174 g/mol. The van der Waals surface area contributed by atoms with Gasteiger partial charge in [-0.05, 0) is 17.5 Å². The molecule has 0 bridgehead atoms. The fourth-order valence-corrected chi connectivity index (χ4v) is 1.25. The van der Waals surface area contributed by atoms with Gasteiger partial charge in [0.05, 0.1) is 4.88 Å². The average molecular weight is 181 g/mol. The molecule has 0 unspecified atom stereocenters. The van der Waals surface area contributed by atoms with Gasteiger partial charge < -0.3 is 0 Å². The van der Waals surface area contributed by atoms with E-state index in [2.05, 4.69) is 11.9 Å². The van der Waals surface area contributed by atoms with E-state index in [1.807, 2.05) is 0 Å². The zero-order chi connectivity index (χ0) is 8.97. The second-order valence-corrected chi connectivity index (χ2v) is 2.95. The van der Waals surface area contributed by atoms with Gasteiger partial charge in [-0.1, -0.05) is 12.6 Å². The highest BCUT2D eigenvalue weighted by molar-refractivity contribution is 7.12. The molecule has 0 atom stereocenters. The number of nitrogens with one attached hydrogen (secondary N) is 1. The minimum atomic E-state index is -0.478. The van der Waals surface area contributed by atoms with Gasteiger partial charge in [-0.2, -0.15) is 0 Å². The molecule has 62 valence electrons. The first-order chi connectivity index (χ1) is 5.74. The number of thiophene rings is 1. The van der Waals surface area contributed by atoms with E-state index >= 15 is 0 Å². The van der Waals surface area contributed by atoms with Gasteiger partial charge in [0.15, 0.2) is 0 Å². The number of hydrogen-bond acceptors (Lipinski definition) is 3. The summed E-state index contributed by atoms with van der Waals surface area (Å²) in [5.74, 6) is -0.858. The predicted molar refractivity (Wildman–Crippen MR) is 47.0 cm³/mol. The third-order valence-electron chi connectivity index (χ3n) is 1.17. The van der Waals surface area contributed by atoms with Crippen LogP contribution in [0.3, 0.4) is 0 Å². The number of rotatable bonds is 2. The van der Waals surface area contributed by atoms with Crippen molar-refractivity contribution in [1.29, 1.82) is 0 Å². The van der Waals surface area contributed by atoms with Gasteiger partial charge in [0.2, 0.25) is 5.91 Å². The fraction of sp³-hybridized carbons (Fsp3) is 0. The van der Waals surface area contributed by atoms with Crippen LogP contribution >= 0.6 is 11.3 Å². The first kappa shape index (κ1) is 8.67. The molecule has 0 saturated carbocycles. The van der Waals surface area contributed by atoms with Crippen LogP contribution < -0.4 is 5.32 Å². The lowest BCUT2D eigenvalue weighted by Gasteiger charge is -1.95. The maximum Gasteiger partial charge on any atom is 0.268 e. The molecule has 1 N–H and O–H groups in total. The summed E-state index contributed by atoms with van der Waals surface area (Å²) in [4.78, 5) is 22.3. The van der Waals surface area contributed by atoms with Crippen molar-refractivity contribution in [3.8, 4) is 0 Å². The van der Waals surface area contributed by atoms with Crippen LogP contribution in [0.2, 0.25) is 0 Å². The van der Waals surface area contributed by atoms with E-state index < -0.39 is 5.91 Å². The van der Waals surface area contributed by atoms with Crippen molar-refractivity contribution in [2.24, 2.45) is 0 Å². The third kappa shape index (κ3) is 2.03. The molecule has 0 aliphatic rings. The molecule has 0 aliphatic carbocycles. The Morgan fingerprint density at radius 2 is 2.33 bits per heavy atom. The summed E-state index contributed by atoms with van der Waals surface area (Å²) in [5.41, 5.74) is 0. The van der Waals surface area contributed by atoms with E-state index in [-0.39, 0.29) is 5.91 Å². The second kappa shape index (κ2) is 3.82. The van der Waals surface area contributed by atoms with Gasteiger partial charge >= 0.3 is 0 Å². The Labute approximate surface area is 73.7 Å². The Kier molecular flexibility index (Phi) is 2.76. The zero-order valence-corrected chi connectivity index (χ0v) is 7.06. The molecule has 1 aromatic rings. The Bertz CT molecular complexity index is 303. The van der Waals surface area contributed by atoms with Crippen LogP contribution in [0.25, 0.3) is 0 Å². The smallest absolute Gasteiger partial charge is 0.268 e. The van der Waals surface area contributed by atoms with Gasteiger partial charge in [-0.3, -0.25) is 14.9 Å². The van der Waals surface area contributed by atoms with Crippen molar-refractivity contribution in [2.75, 3.05) is 0 Å². The van der Waals surface area contributed by atoms with Gasteiger partial charge in [0.1, 0.15) is 0 Å². The summed E-state index contributed by atoms with van der Waals surface area (Å²) < 4.78 is 0. The van der Waals surface area contributed by atoms with Crippen LogP contribution in [0.5, 0.6) is 0 Å². The molecule has 3 nitrogen and oxygen atoms in total. The molecule has 0 aromatic carbocycles. The highest BCUT2D eigenvalue weighted by atomic mass is 32.1. The van der Waals surface area contributed by atoms with Gasteiger partial charge in [0.25, 0.3) is 5.91 Å². The normalized spacial score (nSPS) is 9.00. The van der Waals surface area contributed by atoms with Crippen LogP contribution in [0, 0.1) is 0 Å². The summed E-state index contributed by atoms with van der Waals surface area (Å²) >= 11 is 1.28. The summed E-state index contributed by atoms with van der Waals surface area (Å²) in [7, 11) is 0. The molecule has 0 aliphatic heterocycles. The molecule has 4 heteroatoms. The van der Waals surface area contributed by atoms with Gasteiger partial charge in [0, 0.05) is 0 Å². The predicted octanol–water partition coefficient (Wildman–Crippen LogP) is 1.19. The minimum absolute atomic E-state index is 0.380. The van der Waals surface area contributed by atoms with Crippen LogP contribution in [-0.2, 0) is 4.79 Å². The fourth-order valence-electron chi connectivity index (χ4n) is 0.632. The van der Waals surface area contributed by atoms with Crippen molar-refractivity contribution >= 4 is 23.2 Å². The van der Waals surface area contributed by atoms with E-state index in [1.165, 1.54) is 11.3 Å². The molecule has 12 heavy (non-hydrogen) atoms. The van der Waals surface area contributed by atoms with Crippen molar-refractivity contribution in [3.63, 3.8) is 0 Å². The number of hydrogen-bond donors (Lipinski definition) is 1. The molecular formula is C8H7NO2S.